The number of nitrogens with zero attached hydrogens (tertiary/aromatic N) is 1. The minimum atomic E-state index is -0.400. The number of hydrogen-bond acceptors (Lipinski definition) is 2. The second kappa shape index (κ2) is 6.48. The zero-order valence-electron chi connectivity index (χ0n) is 13.1. The summed E-state index contributed by atoms with van der Waals surface area (Å²) in [6.07, 6.45) is -0.400. The van der Waals surface area contributed by atoms with Crippen LogP contribution in [0.25, 0.3) is 0 Å². The maximum atomic E-state index is 13.3. The number of para-hydroxylation sites is 1. The number of fused-ring (bicyclic) bond motifs is 1. The van der Waals surface area contributed by atoms with Crippen molar-refractivity contribution in [3.8, 4) is 0 Å². The zero-order chi connectivity index (χ0) is 17.4. The van der Waals surface area contributed by atoms with Crippen LogP contribution in [0.1, 0.15) is 22.1 Å². The first-order valence-corrected chi connectivity index (χ1v) is 8.91. The fraction of sp³-hybridized carbons (Fsp3) is 0.0500. The average molecular weight is 444 g/mol. The lowest BCUT2D eigenvalue weighted by atomic mass is 10.0. The third-order valence-corrected chi connectivity index (χ3v) is 4.94. The van der Waals surface area contributed by atoms with Crippen LogP contribution in [0.4, 0.5) is 15.8 Å². The van der Waals surface area contributed by atoms with E-state index in [0.717, 1.165) is 20.5 Å². The summed E-state index contributed by atoms with van der Waals surface area (Å²) in [5.74, 6) is -0.378. The van der Waals surface area contributed by atoms with Gasteiger partial charge in [-0.2, -0.15) is 0 Å². The van der Waals surface area contributed by atoms with E-state index in [4.69, 9.17) is 0 Å². The second-order valence-electron chi connectivity index (χ2n) is 5.80. The van der Waals surface area contributed by atoms with Gasteiger partial charge in [-0.05, 0) is 76.7 Å². The Morgan fingerprint density at radius 3 is 2.32 bits per heavy atom. The molecular formula is C20H14FIN2O. The lowest BCUT2D eigenvalue weighted by Gasteiger charge is -2.38. The van der Waals surface area contributed by atoms with E-state index < -0.39 is 6.17 Å². The molecule has 3 aromatic rings. The topological polar surface area (TPSA) is 32.3 Å². The Hall–Kier alpha value is -2.41. The highest BCUT2D eigenvalue weighted by Gasteiger charge is 2.33. The largest absolute Gasteiger partial charge is 0.360 e. The van der Waals surface area contributed by atoms with E-state index in [9.17, 15) is 9.18 Å². The Labute approximate surface area is 158 Å². The van der Waals surface area contributed by atoms with Crippen molar-refractivity contribution < 1.29 is 9.18 Å². The number of nitrogens with one attached hydrogen (secondary N) is 1. The molecule has 25 heavy (non-hydrogen) atoms. The molecule has 0 fully saturated rings. The van der Waals surface area contributed by atoms with Gasteiger partial charge in [0.05, 0.1) is 5.56 Å². The number of amides is 1. The first kappa shape index (κ1) is 16.1. The molecule has 1 aliphatic rings. The number of benzene rings is 3. The number of halogens is 2. The van der Waals surface area contributed by atoms with Gasteiger partial charge in [0, 0.05) is 14.9 Å². The van der Waals surface area contributed by atoms with Crippen molar-refractivity contribution in [3.63, 3.8) is 0 Å². The molecule has 1 atom stereocenters. The number of carbonyl (C=O) groups excluding carboxylic acids is 1. The lowest BCUT2D eigenvalue weighted by molar-refractivity contribution is 0.0975. The third kappa shape index (κ3) is 3.00. The molecule has 5 heteroatoms. The van der Waals surface area contributed by atoms with Crippen molar-refractivity contribution in [2.24, 2.45) is 0 Å². The quantitative estimate of drug-likeness (QED) is 0.552. The molecule has 0 saturated heterocycles. The average Bonchev–Trinajstić information content (AvgIpc) is 2.63. The van der Waals surface area contributed by atoms with E-state index in [1.54, 1.807) is 17.0 Å². The second-order valence-corrected chi connectivity index (χ2v) is 7.04. The molecule has 0 saturated carbocycles. The highest BCUT2D eigenvalue weighted by Crippen LogP contribution is 2.36. The van der Waals surface area contributed by atoms with Crippen LogP contribution >= 0.6 is 22.6 Å². The Balaban J connectivity index is 1.85. The molecular weight excluding hydrogens is 430 g/mol. The van der Waals surface area contributed by atoms with Gasteiger partial charge in [0.1, 0.15) is 12.0 Å². The lowest BCUT2D eigenvalue weighted by Crippen LogP contribution is -2.43. The first-order valence-electron chi connectivity index (χ1n) is 7.83. The summed E-state index contributed by atoms with van der Waals surface area (Å²) in [6, 6.07) is 21.4. The van der Waals surface area contributed by atoms with Crippen molar-refractivity contribution in [2.45, 2.75) is 6.17 Å². The van der Waals surface area contributed by atoms with Crippen LogP contribution in [0, 0.1) is 9.39 Å². The third-order valence-electron chi connectivity index (χ3n) is 4.22. The van der Waals surface area contributed by atoms with Crippen LogP contribution < -0.4 is 10.2 Å². The molecule has 124 valence electrons. The predicted octanol–water partition coefficient (Wildman–Crippen LogP) is 5.20. The van der Waals surface area contributed by atoms with E-state index in [1.165, 1.54) is 12.1 Å². The summed E-state index contributed by atoms with van der Waals surface area (Å²) in [5.41, 5.74) is 3.02. The molecule has 1 amide bonds. The smallest absolute Gasteiger partial charge is 0.262 e. The van der Waals surface area contributed by atoms with Crippen LogP contribution in [0.2, 0.25) is 0 Å². The van der Waals surface area contributed by atoms with Crippen molar-refractivity contribution >= 4 is 39.9 Å². The predicted molar refractivity (Wildman–Crippen MR) is 105 cm³/mol. The number of anilines is 2. The van der Waals surface area contributed by atoms with E-state index in [1.807, 2.05) is 48.5 Å². The fourth-order valence-electron chi connectivity index (χ4n) is 3.00. The highest BCUT2D eigenvalue weighted by atomic mass is 127. The van der Waals surface area contributed by atoms with Crippen LogP contribution in [0.3, 0.4) is 0 Å². The number of rotatable bonds is 2. The highest BCUT2D eigenvalue weighted by molar-refractivity contribution is 14.1. The maximum absolute atomic E-state index is 13.3. The Morgan fingerprint density at radius 1 is 0.920 bits per heavy atom. The van der Waals surface area contributed by atoms with Crippen LogP contribution in [-0.2, 0) is 0 Å². The van der Waals surface area contributed by atoms with Crippen LogP contribution in [0.15, 0.2) is 72.8 Å². The molecule has 0 radical (unpaired) electrons. The van der Waals surface area contributed by atoms with Gasteiger partial charge in [-0.15, -0.1) is 0 Å². The Morgan fingerprint density at radius 2 is 1.60 bits per heavy atom. The van der Waals surface area contributed by atoms with E-state index >= 15 is 0 Å². The van der Waals surface area contributed by atoms with Gasteiger partial charge in [0.25, 0.3) is 5.91 Å². The van der Waals surface area contributed by atoms with Gasteiger partial charge in [-0.3, -0.25) is 9.69 Å². The summed E-state index contributed by atoms with van der Waals surface area (Å²) in [7, 11) is 0. The zero-order valence-corrected chi connectivity index (χ0v) is 15.3. The van der Waals surface area contributed by atoms with Gasteiger partial charge in [0.15, 0.2) is 0 Å². The normalized spacial score (nSPS) is 16.3. The van der Waals surface area contributed by atoms with Gasteiger partial charge >= 0.3 is 0 Å². The molecule has 3 aromatic carbocycles. The minimum Gasteiger partial charge on any atom is -0.360 e. The van der Waals surface area contributed by atoms with Gasteiger partial charge in [-0.1, -0.05) is 24.3 Å². The first-order chi connectivity index (χ1) is 12.1. The molecule has 0 aromatic heterocycles. The summed E-state index contributed by atoms with van der Waals surface area (Å²) < 4.78 is 14.4. The molecule has 0 aliphatic carbocycles. The molecule has 1 heterocycles. The van der Waals surface area contributed by atoms with E-state index in [-0.39, 0.29) is 11.7 Å². The molecule has 4 rings (SSSR count). The van der Waals surface area contributed by atoms with E-state index in [0.29, 0.717) is 5.56 Å². The Kier molecular flexibility index (Phi) is 4.17. The molecule has 1 aliphatic heterocycles. The minimum absolute atomic E-state index is 0.0788. The summed E-state index contributed by atoms with van der Waals surface area (Å²) >= 11 is 2.23. The van der Waals surface area contributed by atoms with Gasteiger partial charge < -0.3 is 5.32 Å². The standard InChI is InChI=1S/C20H14FIN2O/c21-14-7-5-13(6-8-14)19-23-18-4-2-1-3-17(18)20(25)24(19)16-11-9-15(22)10-12-16/h1-12,19,23H/t19-/m0/s1. The molecule has 0 spiro atoms. The van der Waals surface area contributed by atoms with Crippen molar-refractivity contribution in [2.75, 3.05) is 10.2 Å². The molecule has 0 bridgehead atoms. The molecule has 3 nitrogen and oxygen atoms in total. The van der Waals surface area contributed by atoms with Crippen LogP contribution in [-0.4, -0.2) is 5.91 Å². The summed E-state index contributed by atoms with van der Waals surface area (Å²) in [5, 5.41) is 3.41. The summed E-state index contributed by atoms with van der Waals surface area (Å²) in [6.45, 7) is 0. The van der Waals surface area contributed by atoms with Gasteiger partial charge in [-0.25, -0.2) is 4.39 Å². The fourth-order valence-corrected chi connectivity index (χ4v) is 3.36. The SMILES string of the molecule is O=C1c2ccccc2N[C@H](c2ccc(F)cc2)N1c1ccc(I)cc1. The molecule has 1 N–H and O–H groups in total. The summed E-state index contributed by atoms with van der Waals surface area (Å²) in [4.78, 5) is 14.9. The van der Waals surface area contributed by atoms with Crippen molar-refractivity contribution in [1.29, 1.82) is 0 Å². The number of carbonyl (C=O) groups is 1. The van der Waals surface area contributed by atoms with Crippen LogP contribution in [0.5, 0.6) is 0 Å². The van der Waals surface area contributed by atoms with E-state index in [2.05, 4.69) is 27.9 Å². The molecule has 0 unspecified atom stereocenters. The van der Waals surface area contributed by atoms with Crippen molar-refractivity contribution in [1.82, 2.24) is 0 Å². The number of hydrogen-bond donors (Lipinski definition) is 1. The van der Waals surface area contributed by atoms with Crippen molar-refractivity contribution in [3.05, 3.63) is 93.3 Å². The van der Waals surface area contributed by atoms with Gasteiger partial charge in [0.2, 0.25) is 0 Å². The maximum Gasteiger partial charge on any atom is 0.262 e. The monoisotopic (exact) mass is 444 g/mol. The Bertz CT molecular complexity index is 925.